The summed E-state index contributed by atoms with van der Waals surface area (Å²) in [5.74, 6) is 0.606. The number of hydrogen-bond donors (Lipinski definition) is 1. The Labute approximate surface area is 169 Å². The number of piperidine rings is 1. The summed E-state index contributed by atoms with van der Waals surface area (Å²) in [5.41, 5.74) is 2.20. The third-order valence-corrected chi connectivity index (χ3v) is 6.36. The molecule has 0 aliphatic carbocycles. The number of fused-ring (bicyclic) bond motifs is 1. The van der Waals surface area contributed by atoms with Crippen LogP contribution in [0, 0.1) is 12.8 Å². The number of alkyl halides is 2. The van der Waals surface area contributed by atoms with Gasteiger partial charge in [-0.2, -0.15) is 10.1 Å². The Morgan fingerprint density at radius 1 is 1.21 bits per heavy atom. The van der Waals surface area contributed by atoms with Gasteiger partial charge in [0.2, 0.25) is 11.9 Å². The van der Waals surface area contributed by atoms with Crippen molar-refractivity contribution in [1.82, 2.24) is 19.7 Å². The Hall–Kier alpha value is -2.51. The van der Waals surface area contributed by atoms with Gasteiger partial charge >= 0.3 is 0 Å². The van der Waals surface area contributed by atoms with Crippen LogP contribution in [0.3, 0.4) is 0 Å². The minimum atomic E-state index is -2.47. The maximum Gasteiger partial charge on any atom is 0.260 e. The van der Waals surface area contributed by atoms with E-state index in [4.69, 9.17) is 0 Å². The molecule has 1 amide bonds. The van der Waals surface area contributed by atoms with E-state index in [0.29, 0.717) is 25.5 Å². The molecular weight excluding hydrogens is 376 g/mol. The van der Waals surface area contributed by atoms with E-state index in [9.17, 15) is 13.6 Å². The van der Waals surface area contributed by atoms with Crippen LogP contribution >= 0.6 is 0 Å². The maximum atomic E-state index is 13.5. The molecule has 0 saturated carbocycles. The van der Waals surface area contributed by atoms with Gasteiger partial charge in [0.15, 0.2) is 0 Å². The predicted octanol–water partition coefficient (Wildman–Crippen LogP) is 3.62. The van der Waals surface area contributed by atoms with Gasteiger partial charge in [-0.25, -0.2) is 13.5 Å². The normalized spacial score (nSPS) is 23.6. The number of amides is 1. The number of halogens is 2. The Kier molecular flexibility index (Phi) is 5.52. The second-order valence-electron chi connectivity index (χ2n) is 8.21. The van der Waals surface area contributed by atoms with E-state index in [-0.39, 0.29) is 23.8 Å². The summed E-state index contributed by atoms with van der Waals surface area (Å²) in [5, 5.41) is 7.22. The molecule has 1 saturated heterocycles. The first-order valence-electron chi connectivity index (χ1n) is 10.2. The van der Waals surface area contributed by atoms with Gasteiger partial charge in [-0.15, -0.1) is 0 Å². The largest absolute Gasteiger partial charge is 0.351 e. The number of nitrogens with one attached hydrogen (secondary N) is 1. The zero-order valence-corrected chi connectivity index (χ0v) is 16.8. The Balaban J connectivity index is 1.37. The number of benzene rings is 1. The second kappa shape index (κ2) is 8.08. The summed E-state index contributed by atoms with van der Waals surface area (Å²) >= 11 is 0. The zero-order chi connectivity index (χ0) is 20.5. The van der Waals surface area contributed by atoms with Gasteiger partial charge in [-0.3, -0.25) is 4.79 Å². The van der Waals surface area contributed by atoms with E-state index < -0.39 is 12.5 Å². The topological polar surface area (TPSA) is 63.1 Å². The fourth-order valence-corrected chi connectivity index (χ4v) is 4.49. The van der Waals surface area contributed by atoms with E-state index in [1.165, 1.54) is 16.6 Å². The second-order valence-corrected chi connectivity index (χ2v) is 8.21. The molecular formula is C21H27F2N5O. The SMILES string of the molecule is Cc1ccc(C(C)C(=O)N2CCC([C@@H]3C[C@H](C(F)F)n4ncnc4N3)CC2)cc1. The van der Waals surface area contributed by atoms with Crippen molar-refractivity contribution in [2.45, 2.75) is 57.5 Å². The van der Waals surface area contributed by atoms with Crippen LogP contribution in [0.5, 0.6) is 0 Å². The van der Waals surface area contributed by atoms with E-state index >= 15 is 0 Å². The lowest BCUT2D eigenvalue weighted by Gasteiger charge is -2.40. The average Bonchev–Trinajstić information content (AvgIpc) is 3.21. The first-order chi connectivity index (χ1) is 13.9. The van der Waals surface area contributed by atoms with Crippen molar-refractivity contribution in [2.75, 3.05) is 18.4 Å². The molecule has 8 heteroatoms. The molecule has 0 spiro atoms. The van der Waals surface area contributed by atoms with Crippen molar-refractivity contribution >= 4 is 11.9 Å². The summed E-state index contributed by atoms with van der Waals surface area (Å²) in [6.07, 6.45) is 0.764. The molecule has 156 valence electrons. The molecule has 4 rings (SSSR count). The first kappa shape index (κ1) is 19.8. The Morgan fingerprint density at radius 3 is 2.55 bits per heavy atom. The first-order valence-corrected chi connectivity index (χ1v) is 10.2. The van der Waals surface area contributed by atoms with Crippen LogP contribution in [0.1, 0.15) is 49.3 Å². The number of aromatic nitrogens is 3. The van der Waals surface area contributed by atoms with Crippen molar-refractivity contribution in [3.63, 3.8) is 0 Å². The van der Waals surface area contributed by atoms with Crippen molar-refractivity contribution < 1.29 is 13.6 Å². The molecule has 2 aliphatic heterocycles. The highest BCUT2D eigenvalue weighted by atomic mass is 19.3. The number of nitrogens with zero attached hydrogens (tertiary/aromatic N) is 4. The van der Waals surface area contributed by atoms with Gasteiger partial charge in [-0.1, -0.05) is 29.8 Å². The summed E-state index contributed by atoms with van der Waals surface area (Å²) in [6, 6.07) is 7.06. The van der Waals surface area contributed by atoms with E-state index in [0.717, 1.165) is 18.4 Å². The molecule has 29 heavy (non-hydrogen) atoms. The standard InChI is InChI=1S/C21H27F2N5O/c1-13-3-5-15(6-4-13)14(2)20(29)27-9-7-16(8-10-27)17-11-18(19(22)23)28-21(26-17)24-12-25-28/h3-6,12,14,16-19H,7-11H2,1-2H3,(H,24,25,26)/t14?,17-,18+/m0/s1. The smallest absolute Gasteiger partial charge is 0.260 e. The fourth-order valence-electron chi connectivity index (χ4n) is 4.49. The highest BCUT2D eigenvalue weighted by Gasteiger charge is 2.38. The van der Waals surface area contributed by atoms with Gasteiger partial charge < -0.3 is 10.2 Å². The molecule has 3 atom stereocenters. The molecule has 0 radical (unpaired) electrons. The van der Waals surface area contributed by atoms with Gasteiger partial charge in [0, 0.05) is 19.1 Å². The van der Waals surface area contributed by atoms with Crippen molar-refractivity contribution in [2.24, 2.45) is 5.92 Å². The van der Waals surface area contributed by atoms with Gasteiger partial charge in [0.1, 0.15) is 12.4 Å². The Bertz CT molecular complexity index is 845. The number of carbonyl (C=O) groups is 1. The lowest BCUT2D eigenvalue weighted by Crippen LogP contribution is -2.47. The number of aryl methyl sites for hydroxylation is 1. The molecule has 1 N–H and O–H groups in total. The van der Waals surface area contributed by atoms with E-state index in [1.54, 1.807) is 0 Å². The molecule has 3 heterocycles. The van der Waals surface area contributed by atoms with Gasteiger partial charge in [-0.05, 0) is 44.6 Å². The minimum Gasteiger partial charge on any atom is -0.351 e. The number of carbonyl (C=O) groups excluding carboxylic acids is 1. The van der Waals surface area contributed by atoms with Crippen LogP contribution < -0.4 is 5.32 Å². The molecule has 0 bridgehead atoms. The lowest BCUT2D eigenvalue weighted by molar-refractivity contribution is -0.133. The van der Waals surface area contributed by atoms with Crippen LogP contribution in [0.2, 0.25) is 0 Å². The summed E-state index contributed by atoms with van der Waals surface area (Å²) in [7, 11) is 0. The summed E-state index contributed by atoms with van der Waals surface area (Å²) < 4.78 is 28.3. The monoisotopic (exact) mass is 403 g/mol. The van der Waals surface area contributed by atoms with Crippen molar-refractivity contribution in [3.8, 4) is 0 Å². The van der Waals surface area contributed by atoms with Crippen molar-refractivity contribution in [3.05, 3.63) is 41.7 Å². The minimum absolute atomic E-state index is 0.0718. The summed E-state index contributed by atoms with van der Waals surface area (Å²) in [4.78, 5) is 18.9. The molecule has 1 unspecified atom stereocenters. The summed E-state index contributed by atoms with van der Waals surface area (Å²) in [6.45, 7) is 5.29. The molecule has 1 aromatic carbocycles. The number of anilines is 1. The molecule has 2 aliphatic rings. The third kappa shape index (κ3) is 3.97. The third-order valence-electron chi connectivity index (χ3n) is 6.36. The fraction of sp³-hybridized carbons (Fsp3) is 0.571. The van der Waals surface area contributed by atoms with E-state index in [2.05, 4.69) is 15.4 Å². The predicted molar refractivity (Wildman–Crippen MR) is 106 cm³/mol. The average molecular weight is 403 g/mol. The van der Waals surface area contributed by atoms with Crippen LogP contribution in [-0.2, 0) is 4.79 Å². The maximum absolute atomic E-state index is 13.5. The molecule has 1 aromatic heterocycles. The number of hydrogen-bond acceptors (Lipinski definition) is 4. The Morgan fingerprint density at radius 2 is 1.90 bits per heavy atom. The van der Waals surface area contributed by atoms with Crippen LogP contribution in [-0.4, -0.2) is 51.1 Å². The molecule has 1 fully saturated rings. The quantitative estimate of drug-likeness (QED) is 0.847. The number of likely N-dealkylation sites (tertiary alicyclic amines) is 1. The van der Waals surface area contributed by atoms with Crippen LogP contribution in [0.4, 0.5) is 14.7 Å². The van der Waals surface area contributed by atoms with Gasteiger partial charge in [0.25, 0.3) is 6.43 Å². The van der Waals surface area contributed by atoms with E-state index in [1.807, 2.05) is 43.0 Å². The van der Waals surface area contributed by atoms with Crippen LogP contribution in [0.15, 0.2) is 30.6 Å². The van der Waals surface area contributed by atoms with Gasteiger partial charge in [0.05, 0.1) is 5.92 Å². The highest BCUT2D eigenvalue weighted by molar-refractivity contribution is 5.83. The molecule has 2 aromatic rings. The number of rotatable bonds is 4. The van der Waals surface area contributed by atoms with Crippen molar-refractivity contribution in [1.29, 1.82) is 0 Å². The zero-order valence-electron chi connectivity index (χ0n) is 16.8. The lowest BCUT2D eigenvalue weighted by atomic mass is 9.84. The molecule has 6 nitrogen and oxygen atoms in total. The van der Waals surface area contributed by atoms with Crippen LogP contribution in [0.25, 0.3) is 0 Å². The highest BCUT2D eigenvalue weighted by Crippen LogP contribution is 2.35.